The van der Waals surface area contributed by atoms with Gasteiger partial charge in [0, 0.05) is 30.1 Å². The number of amides is 2. The smallest absolute Gasteiger partial charge is 0.335 e. The third-order valence-corrected chi connectivity index (χ3v) is 7.77. The van der Waals surface area contributed by atoms with Crippen LogP contribution in [0.5, 0.6) is 0 Å². The first-order chi connectivity index (χ1) is 16.8. The number of nitrogens with zero attached hydrogens (tertiary/aromatic N) is 1. The molecule has 2 aliphatic rings. The van der Waals surface area contributed by atoms with Crippen molar-refractivity contribution in [2.75, 3.05) is 11.9 Å². The van der Waals surface area contributed by atoms with Crippen LogP contribution in [0.3, 0.4) is 0 Å². The molecule has 7 heteroatoms. The van der Waals surface area contributed by atoms with Gasteiger partial charge in [-0.15, -0.1) is 0 Å². The third-order valence-electron chi connectivity index (χ3n) is 7.77. The van der Waals surface area contributed by atoms with Gasteiger partial charge >= 0.3 is 5.97 Å². The number of nitrogens with one attached hydrogen (secondary N) is 1. The average molecular weight is 478 g/mol. The van der Waals surface area contributed by atoms with Crippen LogP contribution in [0.15, 0.2) is 48.5 Å². The highest BCUT2D eigenvalue weighted by atomic mass is 16.4. The maximum Gasteiger partial charge on any atom is 0.335 e. The van der Waals surface area contributed by atoms with Gasteiger partial charge in [0.2, 0.25) is 11.8 Å². The number of aromatic carboxylic acids is 1. The summed E-state index contributed by atoms with van der Waals surface area (Å²) in [5, 5.41) is 12.2. The van der Waals surface area contributed by atoms with Gasteiger partial charge in [-0.2, -0.15) is 0 Å². The lowest BCUT2D eigenvalue weighted by molar-refractivity contribution is -0.141. The van der Waals surface area contributed by atoms with E-state index in [0.717, 1.165) is 37.7 Å². The largest absolute Gasteiger partial charge is 0.478 e. The SMILES string of the molecule is Cc1cc(C(=O)O)ccc1NC(=O)[C@@H]1[C@H](c2ccccc2)CCN1C(=O)[C@H]1CC[C@H](C(C)N)CC1. The Morgan fingerprint density at radius 3 is 2.31 bits per heavy atom. The molecule has 3 atom stereocenters. The van der Waals surface area contributed by atoms with E-state index in [1.54, 1.807) is 24.0 Å². The van der Waals surface area contributed by atoms with E-state index in [2.05, 4.69) is 5.32 Å². The van der Waals surface area contributed by atoms with Gasteiger partial charge in [-0.3, -0.25) is 9.59 Å². The Bertz CT molecular complexity index is 1080. The van der Waals surface area contributed by atoms with E-state index in [1.165, 1.54) is 6.07 Å². The van der Waals surface area contributed by atoms with Crippen molar-refractivity contribution in [3.8, 4) is 0 Å². The lowest BCUT2D eigenvalue weighted by Crippen LogP contribution is -2.48. The molecule has 35 heavy (non-hydrogen) atoms. The molecule has 1 aliphatic carbocycles. The van der Waals surface area contributed by atoms with Crippen LogP contribution in [0.1, 0.15) is 66.4 Å². The Labute approximate surface area is 206 Å². The number of benzene rings is 2. The Balaban J connectivity index is 1.57. The fraction of sp³-hybridized carbons (Fsp3) is 0.464. The van der Waals surface area contributed by atoms with Crippen LogP contribution in [0.4, 0.5) is 5.69 Å². The van der Waals surface area contributed by atoms with Crippen LogP contribution >= 0.6 is 0 Å². The normalized spacial score (nSPS) is 25.2. The molecule has 4 rings (SSSR count). The maximum absolute atomic E-state index is 13.7. The number of nitrogens with two attached hydrogens (primary N) is 1. The van der Waals surface area contributed by atoms with Gasteiger partial charge < -0.3 is 21.1 Å². The average Bonchev–Trinajstić information content (AvgIpc) is 3.30. The molecule has 1 unspecified atom stereocenters. The topological polar surface area (TPSA) is 113 Å². The minimum Gasteiger partial charge on any atom is -0.478 e. The van der Waals surface area contributed by atoms with E-state index in [4.69, 9.17) is 5.73 Å². The van der Waals surface area contributed by atoms with Crippen molar-refractivity contribution in [1.82, 2.24) is 4.90 Å². The molecule has 1 saturated heterocycles. The zero-order chi connectivity index (χ0) is 25.1. The monoisotopic (exact) mass is 477 g/mol. The number of carbonyl (C=O) groups is 3. The summed E-state index contributed by atoms with van der Waals surface area (Å²) in [4.78, 5) is 40.4. The van der Waals surface area contributed by atoms with Gasteiger partial charge in [0.25, 0.3) is 0 Å². The number of anilines is 1. The summed E-state index contributed by atoms with van der Waals surface area (Å²) in [7, 11) is 0. The van der Waals surface area contributed by atoms with Crippen molar-refractivity contribution in [3.05, 3.63) is 65.2 Å². The number of hydrogen-bond donors (Lipinski definition) is 3. The third kappa shape index (κ3) is 5.40. The van der Waals surface area contributed by atoms with Crippen molar-refractivity contribution < 1.29 is 19.5 Å². The minimum atomic E-state index is -1.01. The molecule has 2 aromatic carbocycles. The highest BCUT2D eigenvalue weighted by molar-refractivity contribution is 5.99. The quantitative estimate of drug-likeness (QED) is 0.578. The first-order valence-corrected chi connectivity index (χ1v) is 12.5. The summed E-state index contributed by atoms with van der Waals surface area (Å²) >= 11 is 0. The predicted octanol–water partition coefficient (Wildman–Crippen LogP) is 4.17. The molecule has 1 saturated carbocycles. The lowest BCUT2D eigenvalue weighted by Gasteiger charge is -2.34. The lowest BCUT2D eigenvalue weighted by atomic mass is 9.78. The molecule has 2 amide bonds. The number of carboxylic acids is 1. The Kier molecular flexibility index (Phi) is 7.55. The second-order valence-corrected chi connectivity index (χ2v) is 10.1. The van der Waals surface area contributed by atoms with E-state index in [1.807, 2.05) is 37.3 Å². The molecular weight excluding hydrogens is 442 g/mol. The molecule has 0 bridgehead atoms. The van der Waals surface area contributed by atoms with Crippen LogP contribution in [0.2, 0.25) is 0 Å². The van der Waals surface area contributed by atoms with E-state index >= 15 is 0 Å². The first-order valence-electron chi connectivity index (χ1n) is 12.5. The summed E-state index contributed by atoms with van der Waals surface area (Å²) in [6.45, 7) is 4.34. The van der Waals surface area contributed by atoms with Gasteiger partial charge in [0.15, 0.2) is 0 Å². The Morgan fingerprint density at radius 2 is 1.71 bits per heavy atom. The molecule has 0 aromatic heterocycles. The molecule has 4 N–H and O–H groups in total. The zero-order valence-corrected chi connectivity index (χ0v) is 20.4. The minimum absolute atomic E-state index is 0.0599. The maximum atomic E-state index is 13.7. The van der Waals surface area contributed by atoms with E-state index in [9.17, 15) is 19.5 Å². The summed E-state index contributed by atoms with van der Waals surface area (Å²) in [6, 6.07) is 14.0. The molecule has 1 aliphatic heterocycles. The number of hydrogen-bond acceptors (Lipinski definition) is 4. The second-order valence-electron chi connectivity index (χ2n) is 10.1. The molecule has 7 nitrogen and oxygen atoms in total. The Hall–Kier alpha value is -3.19. The van der Waals surface area contributed by atoms with Crippen LogP contribution in [0, 0.1) is 18.8 Å². The van der Waals surface area contributed by atoms with Gasteiger partial charge in [-0.05, 0) is 81.2 Å². The second kappa shape index (κ2) is 10.6. The number of rotatable bonds is 6. The molecule has 186 valence electrons. The van der Waals surface area contributed by atoms with Crippen molar-refractivity contribution in [2.45, 2.75) is 64.0 Å². The highest BCUT2D eigenvalue weighted by Crippen LogP contribution is 2.38. The summed E-state index contributed by atoms with van der Waals surface area (Å²) in [5.41, 5.74) is 8.52. The van der Waals surface area contributed by atoms with E-state index in [-0.39, 0.29) is 35.3 Å². The first kappa shape index (κ1) is 24.9. The summed E-state index contributed by atoms with van der Waals surface area (Å²) in [6.07, 6.45) is 4.22. The van der Waals surface area contributed by atoms with Crippen LogP contribution in [-0.4, -0.2) is 46.4 Å². The van der Waals surface area contributed by atoms with Crippen LogP contribution < -0.4 is 11.1 Å². The van der Waals surface area contributed by atoms with Gasteiger partial charge in [-0.1, -0.05) is 30.3 Å². The van der Waals surface area contributed by atoms with Crippen molar-refractivity contribution in [3.63, 3.8) is 0 Å². The van der Waals surface area contributed by atoms with Crippen molar-refractivity contribution >= 4 is 23.5 Å². The van der Waals surface area contributed by atoms with E-state index in [0.29, 0.717) is 23.7 Å². The van der Waals surface area contributed by atoms with Gasteiger partial charge in [0.05, 0.1) is 5.56 Å². The van der Waals surface area contributed by atoms with Crippen LogP contribution in [0.25, 0.3) is 0 Å². The Morgan fingerprint density at radius 1 is 1.03 bits per heavy atom. The number of aryl methyl sites for hydroxylation is 1. The van der Waals surface area contributed by atoms with Gasteiger partial charge in [0.1, 0.15) is 6.04 Å². The van der Waals surface area contributed by atoms with Gasteiger partial charge in [-0.25, -0.2) is 4.79 Å². The zero-order valence-electron chi connectivity index (χ0n) is 20.4. The van der Waals surface area contributed by atoms with Crippen molar-refractivity contribution in [2.24, 2.45) is 17.6 Å². The molecule has 2 aromatic rings. The summed E-state index contributed by atoms with van der Waals surface area (Å²) < 4.78 is 0. The summed E-state index contributed by atoms with van der Waals surface area (Å²) in [5.74, 6) is -0.915. The fourth-order valence-corrected chi connectivity index (χ4v) is 5.68. The molecule has 1 heterocycles. The van der Waals surface area contributed by atoms with E-state index < -0.39 is 12.0 Å². The fourth-order valence-electron chi connectivity index (χ4n) is 5.68. The number of carboxylic acid groups (broad SMARTS) is 1. The number of carbonyl (C=O) groups excluding carboxylic acids is 2. The molecular formula is C28H35N3O4. The standard InChI is InChI=1S/C28H35N3O4/c1-17-16-22(28(34)35)12-13-24(17)30-26(32)25-23(20-6-4-3-5-7-20)14-15-31(25)27(33)21-10-8-19(9-11-21)18(2)29/h3-7,12-13,16,18-19,21,23,25H,8-11,14-15,29H2,1-2H3,(H,30,32)(H,34,35)/t18?,19-,21-,23-,25-/m0/s1. The molecule has 0 radical (unpaired) electrons. The molecule has 0 spiro atoms. The molecule has 2 fully saturated rings. The van der Waals surface area contributed by atoms with Crippen molar-refractivity contribution in [1.29, 1.82) is 0 Å². The van der Waals surface area contributed by atoms with Crippen LogP contribution in [-0.2, 0) is 9.59 Å². The number of likely N-dealkylation sites (tertiary alicyclic amines) is 1. The predicted molar refractivity (Wildman–Crippen MR) is 135 cm³/mol. The highest BCUT2D eigenvalue weighted by Gasteiger charge is 2.44.